The van der Waals surface area contributed by atoms with Gasteiger partial charge in [0.05, 0.1) is 7.11 Å². The third kappa shape index (κ3) is 3.56. The van der Waals surface area contributed by atoms with Crippen LogP contribution in [0.1, 0.15) is 55.1 Å². The van der Waals surface area contributed by atoms with Gasteiger partial charge in [0, 0.05) is 18.0 Å². The predicted octanol–water partition coefficient (Wildman–Crippen LogP) is 3.61. The van der Waals surface area contributed by atoms with Crippen LogP contribution in [0.2, 0.25) is 0 Å². The lowest BCUT2D eigenvalue weighted by molar-refractivity contribution is 0.0912. The molecular weight excluding hydrogens is 304 g/mol. The summed E-state index contributed by atoms with van der Waals surface area (Å²) in [5.74, 6) is 0.884. The smallest absolute Gasteiger partial charge is 0.287 e. The molecule has 130 valence electrons. The van der Waals surface area contributed by atoms with E-state index in [0.29, 0.717) is 17.1 Å². The van der Waals surface area contributed by atoms with Crippen molar-refractivity contribution in [2.75, 3.05) is 13.7 Å². The first kappa shape index (κ1) is 16.8. The Kier molecular flexibility index (Phi) is 5.41. The van der Waals surface area contributed by atoms with Gasteiger partial charge >= 0.3 is 0 Å². The number of rotatable bonds is 7. The average molecular weight is 330 g/mol. The minimum Gasteiger partial charge on any atom is -0.493 e. The van der Waals surface area contributed by atoms with Gasteiger partial charge in [-0.1, -0.05) is 25.8 Å². The topological polar surface area (TPSA) is 63.5 Å². The van der Waals surface area contributed by atoms with Crippen molar-refractivity contribution in [2.24, 2.45) is 0 Å². The number of amides is 1. The van der Waals surface area contributed by atoms with Crippen molar-refractivity contribution in [3.8, 4) is 5.75 Å². The summed E-state index contributed by atoms with van der Waals surface area (Å²) in [5, 5.41) is 7.41. The van der Waals surface area contributed by atoms with Gasteiger partial charge in [0.1, 0.15) is 0 Å². The third-order valence-corrected chi connectivity index (χ3v) is 4.61. The van der Waals surface area contributed by atoms with Gasteiger partial charge in [0.2, 0.25) is 0 Å². The quantitative estimate of drug-likeness (QED) is 0.761. The molecule has 0 unspecified atom stereocenters. The minimum absolute atomic E-state index is 0.132. The van der Waals surface area contributed by atoms with Crippen molar-refractivity contribution in [2.45, 2.75) is 51.6 Å². The zero-order valence-corrected chi connectivity index (χ0v) is 14.5. The summed E-state index contributed by atoms with van der Waals surface area (Å²) < 4.78 is 11.2. The predicted molar refractivity (Wildman–Crippen MR) is 94.5 cm³/mol. The average Bonchev–Trinajstić information content (AvgIpc) is 3.24. The molecule has 1 amide bonds. The van der Waals surface area contributed by atoms with Gasteiger partial charge in [-0.05, 0) is 43.5 Å². The number of carbonyl (C=O) groups excluding carboxylic acids is 1. The summed E-state index contributed by atoms with van der Waals surface area (Å²) in [4.78, 5) is 12.5. The van der Waals surface area contributed by atoms with Crippen LogP contribution in [-0.2, 0) is 6.54 Å². The van der Waals surface area contributed by atoms with Gasteiger partial charge in [0.25, 0.3) is 5.91 Å². The fourth-order valence-electron chi connectivity index (χ4n) is 3.31. The molecule has 1 fully saturated rings. The van der Waals surface area contributed by atoms with E-state index >= 15 is 0 Å². The van der Waals surface area contributed by atoms with E-state index in [1.807, 2.05) is 18.2 Å². The lowest BCUT2D eigenvalue weighted by Crippen LogP contribution is -2.32. The lowest BCUT2D eigenvalue weighted by Gasteiger charge is -2.09. The molecule has 2 N–H and O–H groups in total. The van der Waals surface area contributed by atoms with Crippen LogP contribution < -0.4 is 15.4 Å². The summed E-state index contributed by atoms with van der Waals surface area (Å²) in [7, 11) is 1.62. The maximum absolute atomic E-state index is 12.5. The highest BCUT2D eigenvalue weighted by atomic mass is 16.5. The van der Waals surface area contributed by atoms with Crippen molar-refractivity contribution in [1.29, 1.82) is 0 Å². The molecule has 0 atom stereocenters. The van der Waals surface area contributed by atoms with Crippen molar-refractivity contribution in [3.05, 3.63) is 29.5 Å². The number of hydrogen-bond acceptors (Lipinski definition) is 4. The van der Waals surface area contributed by atoms with E-state index in [9.17, 15) is 4.79 Å². The molecule has 0 spiro atoms. The molecule has 0 bridgehead atoms. The Hall–Kier alpha value is -2.01. The molecule has 3 rings (SSSR count). The SMILES string of the molecule is CCCNCc1ccc(OC)c2oc(C(=O)NC3CCCC3)cc12. The molecule has 5 nitrogen and oxygen atoms in total. The second-order valence-electron chi connectivity index (χ2n) is 6.41. The van der Waals surface area contributed by atoms with Crippen LogP contribution in [0.3, 0.4) is 0 Å². The number of ether oxygens (including phenoxy) is 1. The highest BCUT2D eigenvalue weighted by Crippen LogP contribution is 2.32. The summed E-state index contributed by atoms with van der Waals surface area (Å²) in [6.07, 6.45) is 5.57. The van der Waals surface area contributed by atoms with Gasteiger partial charge < -0.3 is 19.8 Å². The number of furan rings is 1. The Morgan fingerprint density at radius 2 is 2.12 bits per heavy atom. The molecule has 1 heterocycles. The fraction of sp³-hybridized carbons (Fsp3) is 0.526. The second kappa shape index (κ2) is 7.71. The van der Waals surface area contributed by atoms with Crippen molar-refractivity contribution >= 4 is 16.9 Å². The fourth-order valence-corrected chi connectivity index (χ4v) is 3.31. The minimum atomic E-state index is -0.132. The van der Waals surface area contributed by atoms with Crippen LogP contribution in [-0.4, -0.2) is 25.6 Å². The summed E-state index contributed by atoms with van der Waals surface area (Å²) in [6, 6.07) is 6.04. The van der Waals surface area contributed by atoms with Crippen molar-refractivity contribution < 1.29 is 13.9 Å². The zero-order valence-electron chi connectivity index (χ0n) is 14.5. The molecule has 0 saturated heterocycles. The molecule has 1 saturated carbocycles. The maximum atomic E-state index is 12.5. The van der Waals surface area contributed by atoms with Gasteiger partial charge in [-0.25, -0.2) is 0 Å². The van der Waals surface area contributed by atoms with E-state index in [-0.39, 0.29) is 11.9 Å². The molecule has 1 aromatic heterocycles. The van der Waals surface area contributed by atoms with Gasteiger partial charge in [-0.2, -0.15) is 0 Å². The maximum Gasteiger partial charge on any atom is 0.287 e. The van der Waals surface area contributed by atoms with Gasteiger partial charge in [-0.15, -0.1) is 0 Å². The molecule has 1 aliphatic carbocycles. The highest BCUT2D eigenvalue weighted by molar-refractivity contribution is 5.98. The Balaban J connectivity index is 1.86. The van der Waals surface area contributed by atoms with Gasteiger partial charge in [0.15, 0.2) is 17.1 Å². The molecular formula is C19H26N2O3. The summed E-state index contributed by atoms with van der Waals surface area (Å²) in [5.41, 5.74) is 1.76. The van der Waals surface area contributed by atoms with Crippen molar-refractivity contribution in [1.82, 2.24) is 10.6 Å². The van der Waals surface area contributed by atoms with E-state index in [1.54, 1.807) is 7.11 Å². The number of fused-ring (bicyclic) bond motifs is 1. The molecule has 0 radical (unpaired) electrons. The van der Waals surface area contributed by atoms with Crippen molar-refractivity contribution in [3.63, 3.8) is 0 Å². The second-order valence-corrected chi connectivity index (χ2v) is 6.41. The van der Waals surface area contributed by atoms with Crippen LogP contribution in [0.15, 0.2) is 22.6 Å². The molecule has 1 aromatic carbocycles. The normalized spacial score (nSPS) is 15.1. The van der Waals surface area contributed by atoms with Crippen LogP contribution in [0.25, 0.3) is 11.0 Å². The summed E-state index contributed by atoms with van der Waals surface area (Å²) >= 11 is 0. The van der Waals surface area contributed by atoms with E-state index in [0.717, 1.165) is 43.3 Å². The molecule has 2 aromatic rings. The Bertz CT molecular complexity index is 702. The first-order valence-corrected chi connectivity index (χ1v) is 8.84. The number of nitrogens with one attached hydrogen (secondary N) is 2. The molecule has 5 heteroatoms. The van der Waals surface area contributed by atoms with E-state index in [1.165, 1.54) is 12.8 Å². The van der Waals surface area contributed by atoms with Gasteiger partial charge in [-0.3, -0.25) is 4.79 Å². The Labute approximate surface area is 142 Å². The number of methoxy groups -OCH3 is 1. The Morgan fingerprint density at radius 1 is 1.33 bits per heavy atom. The highest BCUT2D eigenvalue weighted by Gasteiger charge is 2.22. The largest absolute Gasteiger partial charge is 0.493 e. The van der Waals surface area contributed by atoms with Crippen LogP contribution in [0.5, 0.6) is 5.75 Å². The molecule has 24 heavy (non-hydrogen) atoms. The van der Waals surface area contributed by atoms with E-state index in [4.69, 9.17) is 9.15 Å². The third-order valence-electron chi connectivity index (χ3n) is 4.61. The summed E-state index contributed by atoms with van der Waals surface area (Å²) in [6.45, 7) is 3.85. The number of hydrogen-bond donors (Lipinski definition) is 2. The zero-order chi connectivity index (χ0) is 16.9. The van der Waals surface area contributed by atoms with E-state index in [2.05, 4.69) is 17.6 Å². The molecule has 0 aliphatic heterocycles. The number of benzene rings is 1. The van der Waals surface area contributed by atoms with E-state index < -0.39 is 0 Å². The standard InChI is InChI=1S/C19H26N2O3/c1-3-10-20-12-13-8-9-16(23-2)18-15(13)11-17(24-18)19(22)21-14-6-4-5-7-14/h8-9,11,14,20H,3-7,10,12H2,1-2H3,(H,21,22). The first-order valence-electron chi connectivity index (χ1n) is 8.84. The van der Waals surface area contributed by atoms with Crippen LogP contribution in [0.4, 0.5) is 0 Å². The van der Waals surface area contributed by atoms with Crippen LogP contribution in [0, 0.1) is 0 Å². The number of carbonyl (C=O) groups is 1. The molecule has 1 aliphatic rings. The van der Waals surface area contributed by atoms with Crippen LogP contribution >= 0.6 is 0 Å². The lowest BCUT2D eigenvalue weighted by atomic mass is 10.1. The first-order chi connectivity index (χ1) is 11.7. The Morgan fingerprint density at radius 3 is 2.83 bits per heavy atom. The monoisotopic (exact) mass is 330 g/mol.